The van der Waals surface area contributed by atoms with Crippen molar-refractivity contribution in [3.05, 3.63) is 55.3 Å². The van der Waals surface area contributed by atoms with E-state index in [0.29, 0.717) is 10.0 Å². The summed E-state index contributed by atoms with van der Waals surface area (Å²) in [5.41, 5.74) is -0.683. The van der Waals surface area contributed by atoms with E-state index in [1.807, 2.05) is 4.98 Å². The first-order chi connectivity index (χ1) is 8.58. The second-order valence-corrected chi connectivity index (χ2v) is 4.25. The Labute approximate surface area is 109 Å². The Morgan fingerprint density at radius 1 is 1.33 bits per heavy atom. The van der Waals surface area contributed by atoms with E-state index in [2.05, 4.69) is 25.9 Å². The molecule has 18 heavy (non-hydrogen) atoms. The molecule has 1 heterocycles. The number of benzene rings is 1. The van der Waals surface area contributed by atoms with Crippen LogP contribution in [-0.2, 0) is 0 Å². The zero-order chi connectivity index (χ0) is 13.1. The maximum absolute atomic E-state index is 11.4. The number of aromatic nitrogens is 2. The highest BCUT2D eigenvalue weighted by Gasteiger charge is 2.02. The fraction of sp³-hybridized carbons (Fsp3) is 0. The number of nitrogens with zero attached hydrogens (tertiary/aromatic N) is 1. The highest BCUT2D eigenvalue weighted by atomic mass is 79.9. The van der Waals surface area contributed by atoms with Gasteiger partial charge in [0.05, 0.1) is 4.47 Å². The van der Waals surface area contributed by atoms with Gasteiger partial charge in [0.1, 0.15) is 11.4 Å². The molecule has 0 bridgehead atoms. The third-order valence-corrected chi connectivity index (χ3v) is 2.80. The second-order valence-electron chi connectivity index (χ2n) is 3.39. The summed E-state index contributed by atoms with van der Waals surface area (Å²) in [6, 6.07) is 5.05. The number of phenolic OH excluding ortho intramolecular Hbond substituents is 1. The Bertz CT molecular complexity index is 718. The van der Waals surface area contributed by atoms with Gasteiger partial charge in [-0.15, -0.1) is 0 Å². The quantitative estimate of drug-likeness (QED) is 0.729. The van der Waals surface area contributed by atoms with Crippen molar-refractivity contribution in [1.82, 2.24) is 9.97 Å². The van der Waals surface area contributed by atoms with Crippen molar-refractivity contribution in [2.24, 2.45) is 4.99 Å². The summed E-state index contributed by atoms with van der Waals surface area (Å²) in [7, 11) is 0. The smallest absolute Gasteiger partial charge is 0.325 e. The Hall–Kier alpha value is -2.15. The van der Waals surface area contributed by atoms with E-state index < -0.39 is 11.2 Å². The summed E-state index contributed by atoms with van der Waals surface area (Å²) >= 11 is 3.17. The predicted octanol–water partition coefficient (Wildman–Crippen LogP) is 1.28. The second kappa shape index (κ2) is 5.01. The van der Waals surface area contributed by atoms with Gasteiger partial charge in [0, 0.05) is 18.0 Å². The lowest BCUT2D eigenvalue weighted by molar-refractivity contribution is 0.471. The molecule has 1 aromatic heterocycles. The topological polar surface area (TPSA) is 98.3 Å². The molecule has 0 atom stereocenters. The minimum Gasteiger partial charge on any atom is -0.506 e. The van der Waals surface area contributed by atoms with Crippen LogP contribution in [0.1, 0.15) is 5.56 Å². The lowest BCUT2D eigenvalue weighted by Gasteiger charge is -1.99. The number of aromatic amines is 2. The van der Waals surface area contributed by atoms with E-state index in [4.69, 9.17) is 0 Å². The molecule has 0 aliphatic carbocycles. The average molecular weight is 310 g/mol. The Morgan fingerprint density at radius 2 is 2.11 bits per heavy atom. The summed E-state index contributed by atoms with van der Waals surface area (Å²) < 4.78 is 0.529. The van der Waals surface area contributed by atoms with Gasteiger partial charge in [0.25, 0.3) is 5.56 Å². The van der Waals surface area contributed by atoms with Crippen LogP contribution in [-0.4, -0.2) is 21.3 Å². The summed E-state index contributed by atoms with van der Waals surface area (Å²) in [5, 5.41) is 9.71. The van der Waals surface area contributed by atoms with Gasteiger partial charge in [-0.2, -0.15) is 0 Å². The average Bonchev–Trinajstić information content (AvgIpc) is 2.33. The largest absolute Gasteiger partial charge is 0.506 e. The Morgan fingerprint density at radius 3 is 2.83 bits per heavy atom. The van der Waals surface area contributed by atoms with E-state index in [1.54, 1.807) is 18.2 Å². The van der Waals surface area contributed by atoms with E-state index in [-0.39, 0.29) is 11.4 Å². The van der Waals surface area contributed by atoms with Gasteiger partial charge in [0.15, 0.2) is 0 Å². The number of halogens is 1. The molecule has 0 saturated carbocycles. The fourth-order valence-electron chi connectivity index (χ4n) is 1.27. The molecule has 7 heteroatoms. The molecule has 1 aromatic carbocycles. The minimum absolute atomic E-state index is 0.0297. The molecule has 0 radical (unpaired) electrons. The number of hydrogen-bond acceptors (Lipinski definition) is 4. The Kier molecular flexibility index (Phi) is 3.42. The summed E-state index contributed by atoms with van der Waals surface area (Å²) in [5.74, 6) is 0.0297. The number of aliphatic imine (C=N–C) groups is 1. The van der Waals surface area contributed by atoms with Crippen LogP contribution in [0.25, 0.3) is 0 Å². The van der Waals surface area contributed by atoms with Crippen LogP contribution in [0.5, 0.6) is 5.75 Å². The van der Waals surface area contributed by atoms with E-state index in [9.17, 15) is 14.7 Å². The SMILES string of the molecule is O=c1[nH]cc(N=Cc2cccc(Br)c2O)c(=O)[nH]1. The molecule has 0 saturated heterocycles. The highest BCUT2D eigenvalue weighted by Crippen LogP contribution is 2.26. The van der Waals surface area contributed by atoms with Crippen LogP contribution in [0.15, 0.2) is 43.5 Å². The van der Waals surface area contributed by atoms with Crippen LogP contribution in [0.4, 0.5) is 5.69 Å². The molecule has 0 fully saturated rings. The molecule has 6 nitrogen and oxygen atoms in total. The van der Waals surface area contributed by atoms with Gasteiger partial charge < -0.3 is 10.1 Å². The van der Waals surface area contributed by atoms with Crippen molar-refractivity contribution >= 4 is 27.8 Å². The van der Waals surface area contributed by atoms with Crippen molar-refractivity contribution in [3.8, 4) is 5.75 Å². The number of nitrogens with one attached hydrogen (secondary N) is 2. The molecule has 0 amide bonds. The van der Waals surface area contributed by atoms with Crippen molar-refractivity contribution in [2.45, 2.75) is 0 Å². The third-order valence-electron chi connectivity index (χ3n) is 2.16. The fourth-order valence-corrected chi connectivity index (χ4v) is 1.66. The number of phenols is 1. The van der Waals surface area contributed by atoms with Gasteiger partial charge in [-0.3, -0.25) is 9.78 Å². The van der Waals surface area contributed by atoms with Crippen molar-refractivity contribution in [3.63, 3.8) is 0 Å². The highest BCUT2D eigenvalue weighted by molar-refractivity contribution is 9.10. The first-order valence-electron chi connectivity index (χ1n) is 4.91. The molecular formula is C11H8BrN3O3. The molecule has 3 N–H and O–H groups in total. The number of para-hydroxylation sites is 1. The van der Waals surface area contributed by atoms with Gasteiger partial charge in [-0.05, 0) is 28.1 Å². The number of hydrogen-bond donors (Lipinski definition) is 3. The maximum atomic E-state index is 11.4. The van der Waals surface area contributed by atoms with Crippen LogP contribution < -0.4 is 11.2 Å². The first kappa shape index (κ1) is 12.3. The molecule has 0 unspecified atom stereocenters. The van der Waals surface area contributed by atoms with Crippen LogP contribution in [0.3, 0.4) is 0 Å². The zero-order valence-corrected chi connectivity index (χ0v) is 10.6. The third kappa shape index (κ3) is 2.57. The lowest BCUT2D eigenvalue weighted by atomic mass is 10.2. The zero-order valence-electron chi connectivity index (χ0n) is 8.98. The van der Waals surface area contributed by atoms with Crippen LogP contribution in [0, 0.1) is 0 Å². The summed E-state index contributed by atoms with van der Waals surface area (Å²) in [4.78, 5) is 30.4. The predicted molar refractivity (Wildman–Crippen MR) is 70.7 cm³/mol. The standard InChI is InChI=1S/C11H8BrN3O3/c12-7-3-1-2-6(9(7)16)4-13-8-5-14-11(18)15-10(8)17/h1-5,16H,(H2,14,15,17,18). The summed E-state index contributed by atoms with van der Waals surface area (Å²) in [6.45, 7) is 0. The van der Waals surface area contributed by atoms with Gasteiger partial charge >= 0.3 is 5.69 Å². The van der Waals surface area contributed by atoms with Crippen molar-refractivity contribution in [1.29, 1.82) is 0 Å². The molecule has 2 aromatic rings. The monoisotopic (exact) mass is 309 g/mol. The van der Waals surface area contributed by atoms with Gasteiger partial charge in [0.2, 0.25) is 0 Å². The first-order valence-corrected chi connectivity index (χ1v) is 5.71. The number of aromatic hydroxyl groups is 1. The van der Waals surface area contributed by atoms with Crippen LogP contribution in [0.2, 0.25) is 0 Å². The maximum Gasteiger partial charge on any atom is 0.325 e. The molecule has 0 aliphatic rings. The molecular weight excluding hydrogens is 302 g/mol. The summed E-state index contributed by atoms with van der Waals surface area (Å²) in [6.07, 6.45) is 2.54. The molecule has 92 valence electrons. The Balaban J connectivity index is 2.39. The van der Waals surface area contributed by atoms with Crippen LogP contribution >= 0.6 is 15.9 Å². The van der Waals surface area contributed by atoms with Gasteiger partial charge in [-0.25, -0.2) is 9.79 Å². The lowest BCUT2D eigenvalue weighted by Crippen LogP contribution is -2.20. The number of rotatable bonds is 2. The molecule has 0 aliphatic heterocycles. The number of H-pyrrole nitrogens is 2. The van der Waals surface area contributed by atoms with E-state index in [1.165, 1.54) is 12.4 Å². The molecule has 2 rings (SSSR count). The van der Waals surface area contributed by atoms with Gasteiger partial charge in [-0.1, -0.05) is 6.07 Å². The normalized spacial score (nSPS) is 10.9. The minimum atomic E-state index is -0.593. The van der Waals surface area contributed by atoms with E-state index >= 15 is 0 Å². The molecule has 0 spiro atoms. The van der Waals surface area contributed by atoms with Crippen molar-refractivity contribution < 1.29 is 5.11 Å². The van der Waals surface area contributed by atoms with E-state index in [0.717, 1.165) is 0 Å². The van der Waals surface area contributed by atoms with Crippen molar-refractivity contribution in [2.75, 3.05) is 0 Å².